The maximum absolute atomic E-state index is 14.3. The number of nitrogens with zero attached hydrogens (tertiary/aromatic N) is 4. The minimum absolute atomic E-state index is 0.0550. The van der Waals surface area contributed by atoms with Crippen molar-refractivity contribution in [2.24, 2.45) is 5.92 Å². The van der Waals surface area contributed by atoms with Crippen LogP contribution in [0.4, 0.5) is 14.6 Å². The van der Waals surface area contributed by atoms with Gasteiger partial charge in [0.05, 0.1) is 19.2 Å². The van der Waals surface area contributed by atoms with E-state index in [1.807, 2.05) is 20.8 Å². The fourth-order valence-electron chi connectivity index (χ4n) is 3.18. The average Bonchev–Trinajstić information content (AvgIpc) is 3.13. The maximum Gasteiger partial charge on any atom is 0.305 e. The predicted octanol–water partition coefficient (Wildman–Crippen LogP) is 4.14. The Morgan fingerprint density at radius 3 is 2.61 bits per heavy atom. The Labute approximate surface area is 179 Å². The Morgan fingerprint density at radius 2 is 1.97 bits per heavy atom. The first-order valence-electron chi connectivity index (χ1n) is 10.1. The normalized spacial score (nSPS) is 12.2. The number of carbonyl (C=O) groups is 1. The van der Waals surface area contributed by atoms with Gasteiger partial charge in [-0.15, -0.1) is 0 Å². The molecular formula is C22H25F2N5O2. The molecule has 0 aliphatic carbocycles. The number of aromatic nitrogens is 4. The summed E-state index contributed by atoms with van der Waals surface area (Å²) in [4.78, 5) is 19.4. The molecule has 0 saturated carbocycles. The molecule has 9 heteroatoms. The van der Waals surface area contributed by atoms with Crippen LogP contribution in [0.3, 0.4) is 0 Å². The van der Waals surface area contributed by atoms with Gasteiger partial charge in [-0.2, -0.15) is 5.10 Å². The van der Waals surface area contributed by atoms with Gasteiger partial charge in [0.2, 0.25) is 0 Å². The van der Waals surface area contributed by atoms with Crippen LogP contribution in [0.5, 0.6) is 0 Å². The van der Waals surface area contributed by atoms with Gasteiger partial charge >= 0.3 is 5.97 Å². The lowest BCUT2D eigenvalue weighted by molar-refractivity contribution is -0.137. The number of hydrogen-bond acceptors (Lipinski definition) is 5. The molecule has 3 rings (SSSR count). The molecule has 0 fully saturated rings. The molecule has 0 spiro atoms. The number of halogens is 2. The van der Waals surface area contributed by atoms with E-state index >= 15 is 0 Å². The first-order chi connectivity index (χ1) is 14.8. The molecule has 0 amide bonds. The van der Waals surface area contributed by atoms with Gasteiger partial charge in [-0.3, -0.25) is 9.48 Å². The summed E-state index contributed by atoms with van der Waals surface area (Å²) in [5.41, 5.74) is 1.78. The smallest absolute Gasteiger partial charge is 0.305 e. The van der Waals surface area contributed by atoms with Crippen molar-refractivity contribution in [1.29, 1.82) is 0 Å². The summed E-state index contributed by atoms with van der Waals surface area (Å²) in [7, 11) is 0. The lowest BCUT2D eigenvalue weighted by atomic mass is 10.0. The van der Waals surface area contributed by atoms with E-state index in [0.29, 0.717) is 17.7 Å². The molecule has 0 aliphatic rings. The van der Waals surface area contributed by atoms with Crippen LogP contribution in [-0.4, -0.2) is 36.9 Å². The zero-order valence-electron chi connectivity index (χ0n) is 17.6. The van der Waals surface area contributed by atoms with Crippen LogP contribution in [-0.2, 0) is 17.8 Å². The third-order valence-electron chi connectivity index (χ3n) is 5.00. The van der Waals surface area contributed by atoms with Crippen LogP contribution >= 0.6 is 0 Å². The topological polar surface area (TPSA) is 92.9 Å². The van der Waals surface area contributed by atoms with E-state index in [1.165, 1.54) is 6.07 Å². The maximum atomic E-state index is 14.3. The van der Waals surface area contributed by atoms with E-state index in [1.54, 1.807) is 28.9 Å². The number of carboxylic acid groups (broad SMARTS) is 1. The minimum Gasteiger partial charge on any atom is -0.481 e. The molecule has 31 heavy (non-hydrogen) atoms. The number of benzene rings is 1. The second-order valence-corrected chi connectivity index (χ2v) is 7.61. The van der Waals surface area contributed by atoms with Gasteiger partial charge in [0.25, 0.3) is 0 Å². The highest BCUT2D eigenvalue weighted by Gasteiger charge is 2.21. The standard InChI is InChI=1S/C22H25F2N5O2/c1-4-15-9-19(28-29(15)12-14-7-5-6-8-16(14)23)22-25-11-17(24)21(27-22)26-18(13(2)3)10-20(30)31/h5-9,11,13,18H,4,10,12H2,1-3H3,(H,30,31)(H,25,26,27)/t18-/m0/s1. The fourth-order valence-corrected chi connectivity index (χ4v) is 3.18. The first kappa shape index (κ1) is 22.3. The summed E-state index contributed by atoms with van der Waals surface area (Å²) in [6.07, 6.45) is 1.51. The van der Waals surface area contributed by atoms with Gasteiger partial charge in [-0.25, -0.2) is 18.7 Å². The van der Waals surface area contributed by atoms with Gasteiger partial charge in [-0.05, 0) is 24.5 Å². The number of carboxylic acids is 1. The molecule has 1 aromatic carbocycles. The largest absolute Gasteiger partial charge is 0.481 e. The Morgan fingerprint density at radius 1 is 1.23 bits per heavy atom. The highest BCUT2D eigenvalue weighted by atomic mass is 19.1. The van der Waals surface area contributed by atoms with E-state index < -0.39 is 17.8 Å². The van der Waals surface area contributed by atoms with Gasteiger partial charge in [0.1, 0.15) is 11.5 Å². The zero-order chi connectivity index (χ0) is 22.5. The Balaban J connectivity index is 1.91. The first-order valence-corrected chi connectivity index (χ1v) is 10.1. The fraction of sp³-hybridized carbons (Fsp3) is 0.364. The van der Waals surface area contributed by atoms with Gasteiger partial charge in [0, 0.05) is 17.3 Å². The summed E-state index contributed by atoms with van der Waals surface area (Å²) < 4.78 is 30.1. The minimum atomic E-state index is -0.986. The van der Waals surface area contributed by atoms with Gasteiger partial charge < -0.3 is 10.4 Å². The van der Waals surface area contributed by atoms with Crippen LogP contribution in [0.1, 0.15) is 38.4 Å². The van der Waals surface area contributed by atoms with Crippen molar-refractivity contribution in [3.8, 4) is 11.5 Å². The molecule has 164 valence electrons. The van der Waals surface area contributed by atoms with Crippen molar-refractivity contribution >= 4 is 11.8 Å². The van der Waals surface area contributed by atoms with Crippen LogP contribution in [0.2, 0.25) is 0 Å². The van der Waals surface area contributed by atoms with Crippen LogP contribution in [0.15, 0.2) is 36.5 Å². The number of anilines is 1. The number of aryl methyl sites for hydroxylation is 1. The second kappa shape index (κ2) is 9.63. The van der Waals surface area contributed by atoms with Crippen LogP contribution in [0, 0.1) is 17.6 Å². The number of rotatable bonds is 9. The van der Waals surface area contributed by atoms with Crippen molar-refractivity contribution in [2.75, 3.05) is 5.32 Å². The van der Waals surface area contributed by atoms with E-state index in [-0.39, 0.29) is 36.3 Å². The molecule has 1 atom stereocenters. The molecule has 2 aromatic heterocycles. The molecule has 2 heterocycles. The summed E-state index contributed by atoms with van der Waals surface area (Å²) in [5, 5.41) is 16.5. The zero-order valence-corrected chi connectivity index (χ0v) is 17.6. The molecule has 0 unspecified atom stereocenters. The molecule has 0 bridgehead atoms. The second-order valence-electron chi connectivity index (χ2n) is 7.61. The predicted molar refractivity (Wildman–Crippen MR) is 113 cm³/mol. The van der Waals surface area contributed by atoms with Gasteiger partial charge in [-0.1, -0.05) is 39.0 Å². The number of hydrogen-bond donors (Lipinski definition) is 2. The summed E-state index contributed by atoms with van der Waals surface area (Å²) in [6.45, 7) is 5.89. The summed E-state index contributed by atoms with van der Waals surface area (Å²) in [5.74, 6) is -1.91. The van der Waals surface area contributed by atoms with Crippen molar-refractivity contribution in [1.82, 2.24) is 19.7 Å². The lowest BCUT2D eigenvalue weighted by Crippen LogP contribution is -2.29. The molecule has 0 aliphatic heterocycles. The quantitative estimate of drug-likeness (QED) is 0.531. The van der Waals surface area contributed by atoms with Crippen LogP contribution < -0.4 is 5.32 Å². The average molecular weight is 429 g/mol. The van der Waals surface area contributed by atoms with Crippen molar-refractivity contribution in [3.63, 3.8) is 0 Å². The highest BCUT2D eigenvalue weighted by Crippen LogP contribution is 2.22. The third-order valence-corrected chi connectivity index (χ3v) is 5.00. The van der Waals surface area contributed by atoms with Crippen molar-refractivity contribution < 1.29 is 18.7 Å². The summed E-state index contributed by atoms with van der Waals surface area (Å²) >= 11 is 0. The molecule has 0 saturated heterocycles. The molecule has 0 radical (unpaired) electrons. The monoisotopic (exact) mass is 429 g/mol. The molecule has 3 aromatic rings. The van der Waals surface area contributed by atoms with Gasteiger partial charge in [0.15, 0.2) is 17.5 Å². The van der Waals surface area contributed by atoms with E-state index in [9.17, 15) is 13.6 Å². The summed E-state index contributed by atoms with van der Waals surface area (Å²) in [6, 6.07) is 7.77. The van der Waals surface area contributed by atoms with Crippen molar-refractivity contribution in [3.05, 3.63) is 59.4 Å². The molecule has 7 nitrogen and oxygen atoms in total. The van der Waals surface area contributed by atoms with E-state index in [4.69, 9.17) is 5.11 Å². The Hall–Kier alpha value is -3.36. The Kier molecular flexibility index (Phi) is 6.94. The number of aliphatic carboxylic acids is 1. The third kappa shape index (κ3) is 5.42. The van der Waals surface area contributed by atoms with Crippen molar-refractivity contribution in [2.45, 2.75) is 46.2 Å². The number of nitrogens with one attached hydrogen (secondary N) is 1. The SMILES string of the molecule is CCc1cc(-c2ncc(F)c(N[C@@H](CC(=O)O)C(C)C)n2)nn1Cc1ccccc1F. The Bertz CT molecular complexity index is 1070. The highest BCUT2D eigenvalue weighted by molar-refractivity contribution is 5.68. The molecular weight excluding hydrogens is 404 g/mol. The lowest BCUT2D eigenvalue weighted by Gasteiger charge is -2.21. The van der Waals surface area contributed by atoms with Crippen LogP contribution in [0.25, 0.3) is 11.5 Å². The van der Waals surface area contributed by atoms with E-state index in [0.717, 1.165) is 11.9 Å². The van der Waals surface area contributed by atoms with E-state index in [2.05, 4.69) is 20.4 Å². The molecule has 2 N–H and O–H groups in total.